The van der Waals surface area contributed by atoms with Crippen LogP contribution in [0.25, 0.3) is 0 Å². The van der Waals surface area contributed by atoms with Crippen LogP contribution < -0.4 is 9.64 Å². The van der Waals surface area contributed by atoms with Crippen molar-refractivity contribution in [3.05, 3.63) is 23.8 Å². The summed E-state index contributed by atoms with van der Waals surface area (Å²) in [7, 11) is 5.27. The molecule has 22 heavy (non-hydrogen) atoms. The first-order valence-corrected chi connectivity index (χ1v) is 7.61. The fourth-order valence-corrected chi connectivity index (χ4v) is 3.74. The zero-order chi connectivity index (χ0) is 16.1. The summed E-state index contributed by atoms with van der Waals surface area (Å²) in [6.45, 7) is 1.98. The summed E-state index contributed by atoms with van der Waals surface area (Å²) >= 11 is 0. The van der Waals surface area contributed by atoms with E-state index in [4.69, 9.17) is 4.74 Å². The number of anilines is 1. The van der Waals surface area contributed by atoms with Gasteiger partial charge in [0.2, 0.25) is 11.8 Å². The van der Waals surface area contributed by atoms with Gasteiger partial charge in [0.05, 0.1) is 12.5 Å². The number of carbonyl (C=O) groups is 2. The molecule has 1 aromatic rings. The second kappa shape index (κ2) is 5.00. The average molecular weight is 302 g/mol. The van der Waals surface area contributed by atoms with Gasteiger partial charge in [-0.1, -0.05) is 0 Å². The molecule has 3 rings (SSSR count). The van der Waals surface area contributed by atoms with Crippen molar-refractivity contribution < 1.29 is 14.3 Å². The van der Waals surface area contributed by atoms with Gasteiger partial charge >= 0.3 is 0 Å². The van der Waals surface area contributed by atoms with Crippen molar-refractivity contribution in [1.82, 2.24) is 4.90 Å². The van der Waals surface area contributed by atoms with E-state index in [1.54, 1.807) is 16.9 Å². The van der Waals surface area contributed by atoms with Crippen LogP contribution in [-0.4, -0.2) is 44.0 Å². The third-order valence-corrected chi connectivity index (χ3v) is 5.21. The first kappa shape index (κ1) is 14.9. The molecule has 1 fully saturated rings. The Morgan fingerprint density at radius 2 is 2.05 bits per heavy atom. The van der Waals surface area contributed by atoms with Crippen LogP contribution in [0, 0.1) is 0 Å². The van der Waals surface area contributed by atoms with Crippen molar-refractivity contribution in [2.24, 2.45) is 0 Å². The van der Waals surface area contributed by atoms with E-state index < -0.39 is 5.41 Å². The lowest BCUT2D eigenvalue weighted by atomic mass is 9.77. The smallest absolute Gasteiger partial charge is 0.237 e. The van der Waals surface area contributed by atoms with E-state index in [1.807, 2.05) is 39.2 Å². The Labute approximate surface area is 130 Å². The van der Waals surface area contributed by atoms with Crippen molar-refractivity contribution in [3.63, 3.8) is 0 Å². The zero-order valence-electron chi connectivity index (χ0n) is 13.5. The van der Waals surface area contributed by atoms with E-state index in [0.717, 1.165) is 23.4 Å². The summed E-state index contributed by atoms with van der Waals surface area (Å²) in [5.41, 5.74) is 1.31. The summed E-state index contributed by atoms with van der Waals surface area (Å²) < 4.78 is 5.32. The average Bonchev–Trinajstić information content (AvgIpc) is 2.92. The Bertz CT molecular complexity index is 643. The molecule has 0 saturated carbocycles. The Kier molecular flexibility index (Phi) is 3.38. The molecular weight excluding hydrogens is 280 g/mol. The fourth-order valence-electron chi connectivity index (χ4n) is 3.74. The quantitative estimate of drug-likeness (QED) is 0.857. The van der Waals surface area contributed by atoms with Crippen molar-refractivity contribution in [1.29, 1.82) is 0 Å². The number of likely N-dealkylation sites (tertiary alicyclic amines) is 1. The molecule has 1 aromatic carbocycles. The lowest BCUT2D eigenvalue weighted by molar-refractivity contribution is -0.129. The topological polar surface area (TPSA) is 49.9 Å². The highest BCUT2D eigenvalue weighted by Crippen LogP contribution is 2.46. The van der Waals surface area contributed by atoms with Gasteiger partial charge in [-0.05, 0) is 43.5 Å². The number of ether oxygens (including phenoxy) is 1. The fraction of sp³-hybridized carbons (Fsp3) is 0.529. The van der Waals surface area contributed by atoms with Crippen LogP contribution in [0.15, 0.2) is 18.2 Å². The number of rotatable bonds is 3. The standard InChI is InChI=1S/C17H22N2O3/c1-17(10-11-5-8-15(20)18(11)2)13-9-12(22-4)6-7-14(13)19(3)16(17)21/h6-7,9,11H,5,8,10H2,1-4H3. The van der Waals surface area contributed by atoms with E-state index in [0.29, 0.717) is 12.8 Å². The molecule has 1 saturated heterocycles. The molecule has 2 amide bonds. The number of benzene rings is 1. The highest BCUT2D eigenvalue weighted by molar-refractivity contribution is 6.07. The van der Waals surface area contributed by atoms with Gasteiger partial charge in [-0.3, -0.25) is 9.59 Å². The molecule has 0 spiro atoms. The van der Waals surface area contributed by atoms with Crippen LogP contribution in [0.3, 0.4) is 0 Å². The van der Waals surface area contributed by atoms with Gasteiger partial charge in [-0.2, -0.15) is 0 Å². The van der Waals surface area contributed by atoms with E-state index in [9.17, 15) is 9.59 Å². The number of amides is 2. The van der Waals surface area contributed by atoms with Gasteiger partial charge in [-0.15, -0.1) is 0 Å². The highest BCUT2D eigenvalue weighted by Gasteiger charge is 2.48. The molecule has 2 aliphatic heterocycles. The lowest BCUT2D eigenvalue weighted by Crippen LogP contribution is -2.42. The number of fused-ring (bicyclic) bond motifs is 1. The maximum absolute atomic E-state index is 12.8. The predicted molar refractivity (Wildman–Crippen MR) is 84.2 cm³/mol. The summed E-state index contributed by atoms with van der Waals surface area (Å²) in [4.78, 5) is 28.1. The number of carbonyl (C=O) groups excluding carboxylic acids is 2. The van der Waals surface area contributed by atoms with E-state index in [1.165, 1.54) is 0 Å². The predicted octanol–water partition coefficient (Wildman–Crippen LogP) is 1.94. The van der Waals surface area contributed by atoms with Crippen LogP contribution in [0.2, 0.25) is 0 Å². The zero-order valence-corrected chi connectivity index (χ0v) is 13.5. The molecule has 0 N–H and O–H groups in total. The Morgan fingerprint density at radius 1 is 1.32 bits per heavy atom. The number of hydrogen-bond donors (Lipinski definition) is 0. The molecule has 0 radical (unpaired) electrons. The minimum atomic E-state index is -0.609. The van der Waals surface area contributed by atoms with Gasteiger partial charge in [0.15, 0.2) is 0 Å². The molecule has 5 heteroatoms. The SMILES string of the molecule is COc1ccc2c(c1)C(C)(CC1CCC(=O)N1C)C(=O)N2C. The van der Waals surface area contributed by atoms with Crippen molar-refractivity contribution in [3.8, 4) is 5.75 Å². The normalized spacial score (nSPS) is 27.5. The van der Waals surface area contributed by atoms with Gasteiger partial charge in [0, 0.05) is 32.2 Å². The molecule has 2 atom stereocenters. The second-order valence-electron chi connectivity index (χ2n) is 6.48. The largest absolute Gasteiger partial charge is 0.497 e. The minimum absolute atomic E-state index is 0.0866. The second-order valence-corrected chi connectivity index (χ2v) is 6.48. The molecular formula is C17H22N2O3. The summed E-state index contributed by atoms with van der Waals surface area (Å²) in [5.74, 6) is 1.01. The third-order valence-electron chi connectivity index (χ3n) is 5.21. The van der Waals surface area contributed by atoms with Crippen LogP contribution >= 0.6 is 0 Å². The molecule has 0 aromatic heterocycles. The first-order valence-electron chi connectivity index (χ1n) is 7.61. The van der Waals surface area contributed by atoms with Crippen molar-refractivity contribution >= 4 is 17.5 Å². The van der Waals surface area contributed by atoms with Crippen LogP contribution in [0.5, 0.6) is 5.75 Å². The molecule has 0 aliphatic carbocycles. The van der Waals surface area contributed by atoms with E-state index >= 15 is 0 Å². The molecule has 118 valence electrons. The van der Waals surface area contributed by atoms with Crippen LogP contribution in [0.4, 0.5) is 5.69 Å². The Morgan fingerprint density at radius 3 is 2.64 bits per heavy atom. The van der Waals surface area contributed by atoms with Crippen LogP contribution in [0.1, 0.15) is 31.7 Å². The monoisotopic (exact) mass is 302 g/mol. The van der Waals surface area contributed by atoms with Crippen molar-refractivity contribution in [2.75, 3.05) is 26.1 Å². The Hall–Kier alpha value is -2.04. The summed E-state index contributed by atoms with van der Waals surface area (Å²) in [6, 6.07) is 5.88. The van der Waals surface area contributed by atoms with E-state index in [2.05, 4.69) is 0 Å². The summed E-state index contributed by atoms with van der Waals surface area (Å²) in [6.07, 6.45) is 2.05. The van der Waals surface area contributed by atoms with Crippen LogP contribution in [-0.2, 0) is 15.0 Å². The molecule has 2 aliphatic rings. The summed E-state index contributed by atoms with van der Waals surface area (Å²) in [5, 5.41) is 0. The first-order chi connectivity index (χ1) is 10.4. The minimum Gasteiger partial charge on any atom is -0.497 e. The maximum Gasteiger partial charge on any atom is 0.237 e. The molecule has 2 unspecified atom stereocenters. The Balaban J connectivity index is 1.99. The molecule has 5 nitrogen and oxygen atoms in total. The number of nitrogens with zero attached hydrogens (tertiary/aromatic N) is 2. The number of likely N-dealkylation sites (N-methyl/N-ethyl adjacent to an activating group) is 1. The van der Waals surface area contributed by atoms with E-state index in [-0.39, 0.29) is 17.9 Å². The third kappa shape index (κ3) is 1.99. The number of methoxy groups -OCH3 is 1. The van der Waals surface area contributed by atoms with Crippen molar-refractivity contribution in [2.45, 2.75) is 37.6 Å². The number of hydrogen-bond acceptors (Lipinski definition) is 3. The lowest BCUT2D eigenvalue weighted by Gasteiger charge is -2.30. The maximum atomic E-state index is 12.8. The van der Waals surface area contributed by atoms with Gasteiger partial charge in [0.1, 0.15) is 5.75 Å². The highest BCUT2D eigenvalue weighted by atomic mass is 16.5. The van der Waals surface area contributed by atoms with Gasteiger partial charge in [-0.25, -0.2) is 0 Å². The molecule has 2 heterocycles. The van der Waals surface area contributed by atoms with Gasteiger partial charge < -0.3 is 14.5 Å². The molecule has 0 bridgehead atoms. The van der Waals surface area contributed by atoms with Gasteiger partial charge in [0.25, 0.3) is 0 Å².